The molecule has 0 aromatic heterocycles. The first-order valence-electron chi connectivity index (χ1n) is 5.31. The van der Waals surface area contributed by atoms with Gasteiger partial charge in [-0.15, -0.1) is 0 Å². The Morgan fingerprint density at radius 3 is 2.75 bits per heavy atom. The number of nitrogens with one attached hydrogen (secondary N) is 1. The molecule has 20 heavy (non-hydrogen) atoms. The number of methoxy groups -OCH3 is 1. The van der Waals surface area contributed by atoms with Gasteiger partial charge in [-0.1, -0.05) is 22.6 Å². The van der Waals surface area contributed by atoms with Crippen LogP contribution in [0, 0.1) is 15.9 Å². The molecule has 108 valence electrons. The number of hydrogen-bond donors (Lipinski definition) is 1. The minimum absolute atomic E-state index is 0.0836. The average molecular weight is 396 g/mol. The van der Waals surface area contributed by atoms with Gasteiger partial charge in [0.1, 0.15) is 15.3 Å². The molecule has 1 atom stereocenters. The van der Waals surface area contributed by atoms with Crippen LogP contribution < -0.4 is 5.32 Å². The molecule has 1 rings (SSSR count). The third kappa shape index (κ3) is 4.11. The summed E-state index contributed by atoms with van der Waals surface area (Å²) in [5.41, 5.74) is -0.907. The highest BCUT2D eigenvalue weighted by Crippen LogP contribution is 2.19. The Labute approximate surface area is 126 Å². The molecule has 1 N–H and O–H groups in total. The van der Waals surface area contributed by atoms with E-state index >= 15 is 0 Å². The Morgan fingerprint density at radius 1 is 1.55 bits per heavy atom. The van der Waals surface area contributed by atoms with Crippen LogP contribution in [0.5, 0.6) is 0 Å². The largest absolute Gasteiger partial charge is 0.468 e. The van der Waals surface area contributed by atoms with Gasteiger partial charge in [0.25, 0.3) is 11.6 Å². The molecule has 0 fully saturated rings. The smallest absolute Gasteiger partial charge is 0.320 e. The van der Waals surface area contributed by atoms with Crippen LogP contribution in [0.1, 0.15) is 10.4 Å². The monoisotopic (exact) mass is 396 g/mol. The molecule has 0 saturated heterocycles. The van der Waals surface area contributed by atoms with Crippen LogP contribution in [0.3, 0.4) is 0 Å². The molecular weight excluding hydrogens is 386 g/mol. The van der Waals surface area contributed by atoms with Gasteiger partial charge in [-0.3, -0.25) is 19.7 Å². The molecule has 0 aliphatic heterocycles. The first-order chi connectivity index (χ1) is 9.36. The fourth-order valence-corrected chi connectivity index (χ4v) is 1.81. The van der Waals surface area contributed by atoms with Gasteiger partial charge in [0, 0.05) is 12.6 Å². The summed E-state index contributed by atoms with van der Waals surface area (Å²) in [7, 11) is 1.20. The Hall–Kier alpha value is -1.78. The maximum Gasteiger partial charge on any atom is 0.320 e. The fraction of sp³-hybridized carbons (Fsp3) is 0.273. The second-order valence-corrected chi connectivity index (χ2v) is 5.12. The van der Waals surface area contributed by atoms with E-state index in [2.05, 4.69) is 10.1 Å². The van der Waals surface area contributed by atoms with E-state index in [1.165, 1.54) is 7.11 Å². The van der Waals surface area contributed by atoms with Crippen LogP contribution in [0.25, 0.3) is 0 Å². The van der Waals surface area contributed by atoms with E-state index < -0.39 is 37.8 Å². The van der Waals surface area contributed by atoms with E-state index in [4.69, 9.17) is 0 Å². The Morgan fingerprint density at radius 2 is 2.20 bits per heavy atom. The highest BCUT2D eigenvalue weighted by molar-refractivity contribution is 14.1. The number of carbonyl (C=O) groups is 2. The molecule has 1 unspecified atom stereocenters. The SMILES string of the molecule is COC(=O)C(I)CNC(=O)c1cc(F)ccc1[N+](=O)[O-]. The minimum atomic E-state index is -0.832. The molecule has 0 aliphatic rings. The van der Waals surface area contributed by atoms with Gasteiger partial charge >= 0.3 is 5.97 Å². The number of rotatable bonds is 5. The number of amides is 1. The van der Waals surface area contributed by atoms with Crippen LogP contribution in [0.2, 0.25) is 0 Å². The second-order valence-electron chi connectivity index (χ2n) is 3.62. The van der Waals surface area contributed by atoms with Crippen molar-refractivity contribution in [2.24, 2.45) is 0 Å². The molecule has 1 amide bonds. The first kappa shape index (κ1) is 16.3. The van der Waals surface area contributed by atoms with Gasteiger partial charge in [0.2, 0.25) is 0 Å². The summed E-state index contributed by atoms with van der Waals surface area (Å²) in [5, 5.41) is 13.1. The minimum Gasteiger partial charge on any atom is -0.468 e. The number of nitro benzene ring substituents is 1. The summed E-state index contributed by atoms with van der Waals surface area (Å²) < 4.78 is 16.9. The standard InChI is InChI=1S/C11H10FIN2O5/c1-20-11(17)8(13)5-14-10(16)7-4-6(12)2-3-9(7)15(18)19/h2-4,8H,5H2,1H3,(H,14,16). The zero-order valence-corrected chi connectivity index (χ0v) is 12.4. The number of halogens is 2. The number of nitrogens with zero attached hydrogens (tertiary/aromatic N) is 1. The van der Waals surface area contributed by atoms with Crippen molar-refractivity contribution in [2.45, 2.75) is 3.92 Å². The highest BCUT2D eigenvalue weighted by Gasteiger charge is 2.22. The van der Waals surface area contributed by atoms with Gasteiger partial charge in [0.15, 0.2) is 0 Å². The molecule has 9 heteroatoms. The summed E-state index contributed by atoms with van der Waals surface area (Å²) >= 11 is 1.75. The lowest BCUT2D eigenvalue weighted by molar-refractivity contribution is -0.385. The summed E-state index contributed by atoms with van der Waals surface area (Å²) in [6.45, 7) is -0.0836. The predicted molar refractivity (Wildman–Crippen MR) is 75.2 cm³/mol. The zero-order chi connectivity index (χ0) is 15.3. The summed E-state index contributed by atoms with van der Waals surface area (Å²) in [5.74, 6) is -2.14. The van der Waals surface area contributed by atoms with Gasteiger partial charge in [-0.05, 0) is 12.1 Å². The molecule has 7 nitrogen and oxygen atoms in total. The molecule has 0 aliphatic carbocycles. The lowest BCUT2D eigenvalue weighted by Gasteiger charge is -2.09. The number of alkyl halides is 1. The summed E-state index contributed by atoms with van der Waals surface area (Å²) in [6.07, 6.45) is 0. The lowest BCUT2D eigenvalue weighted by Crippen LogP contribution is -2.34. The van der Waals surface area contributed by atoms with Gasteiger partial charge < -0.3 is 10.1 Å². The quantitative estimate of drug-likeness (QED) is 0.267. The van der Waals surface area contributed by atoms with Gasteiger partial charge in [-0.2, -0.15) is 0 Å². The third-order valence-electron chi connectivity index (χ3n) is 2.30. The zero-order valence-electron chi connectivity index (χ0n) is 10.3. The molecule has 1 aromatic carbocycles. The second kappa shape index (κ2) is 7.12. The number of benzene rings is 1. The molecule has 0 bridgehead atoms. The van der Waals surface area contributed by atoms with Crippen LogP contribution >= 0.6 is 22.6 Å². The predicted octanol–water partition coefficient (Wildman–Crippen LogP) is 1.44. The Balaban J connectivity index is 2.85. The maximum atomic E-state index is 13.1. The maximum absolute atomic E-state index is 13.1. The molecule has 0 spiro atoms. The van der Waals surface area contributed by atoms with Crippen molar-refractivity contribution in [1.29, 1.82) is 0 Å². The molecular formula is C11H10FIN2O5. The lowest BCUT2D eigenvalue weighted by atomic mass is 10.1. The van der Waals surface area contributed by atoms with E-state index in [9.17, 15) is 24.1 Å². The van der Waals surface area contributed by atoms with E-state index in [1.54, 1.807) is 22.6 Å². The van der Waals surface area contributed by atoms with Gasteiger partial charge in [-0.25, -0.2) is 4.39 Å². The summed E-state index contributed by atoms with van der Waals surface area (Å²) in [6, 6.07) is 2.57. The van der Waals surface area contributed by atoms with Crippen LogP contribution in [0.15, 0.2) is 18.2 Å². The topological polar surface area (TPSA) is 98.5 Å². The van der Waals surface area contributed by atoms with Crippen molar-refractivity contribution in [3.63, 3.8) is 0 Å². The van der Waals surface area contributed by atoms with Crippen LogP contribution in [0.4, 0.5) is 10.1 Å². The molecule has 0 saturated carbocycles. The Kier molecular flexibility index (Phi) is 5.80. The van der Waals surface area contributed by atoms with Crippen LogP contribution in [-0.4, -0.2) is 34.4 Å². The first-order valence-corrected chi connectivity index (χ1v) is 6.55. The van der Waals surface area contributed by atoms with Crippen molar-refractivity contribution < 1.29 is 23.6 Å². The molecule has 0 heterocycles. The van der Waals surface area contributed by atoms with E-state index in [0.29, 0.717) is 0 Å². The van der Waals surface area contributed by atoms with Crippen LogP contribution in [-0.2, 0) is 9.53 Å². The van der Waals surface area contributed by atoms with Crippen molar-refractivity contribution in [3.05, 3.63) is 39.7 Å². The number of ether oxygens (including phenoxy) is 1. The summed E-state index contributed by atoms with van der Waals surface area (Å²) in [4.78, 5) is 32.9. The van der Waals surface area contributed by atoms with Gasteiger partial charge in [0.05, 0.1) is 12.0 Å². The number of nitro groups is 1. The van der Waals surface area contributed by atoms with Crippen molar-refractivity contribution >= 4 is 40.2 Å². The highest BCUT2D eigenvalue weighted by atomic mass is 127. The van der Waals surface area contributed by atoms with Crippen molar-refractivity contribution in [1.82, 2.24) is 5.32 Å². The number of hydrogen-bond acceptors (Lipinski definition) is 5. The van der Waals surface area contributed by atoms with E-state index in [1.807, 2.05) is 0 Å². The van der Waals surface area contributed by atoms with E-state index in [0.717, 1.165) is 18.2 Å². The van der Waals surface area contributed by atoms with E-state index in [-0.39, 0.29) is 6.54 Å². The number of esters is 1. The van der Waals surface area contributed by atoms with Crippen molar-refractivity contribution in [2.75, 3.05) is 13.7 Å². The fourth-order valence-electron chi connectivity index (χ4n) is 1.34. The van der Waals surface area contributed by atoms with Crippen molar-refractivity contribution in [3.8, 4) is 0 Å². The molecule has 1 aromatic rings. The molecule has 0 radical (unpaired) electrons. The Bertz CT molecular complexity index is 552. The third-order valence-corrected chi connectivity index (χ3v) is 3.25. The number of carbonyl (C=O) groups excluding carboxylic acids is 2. The normalized spacial score (nSPS) is 11.6. The average Bonchev–Trinajstić information content (AvgIpc) is 2.42.